The van der Waals surface area contributed by atoms with E-state index in [0.717, 1.165) is 9.18 Å². The SMILES string of the molecule is CN(Cc1cccs1)C(=O)c1cc(S(=O)(=O)N(C)c2ccc(F)cc2)ccc1Cl. The number of sulfonamides is 1. The average Bonchev–Trinajstić information content (AvgIpc) is 3.20. The van der Waals surface area contributed by atoms with Crippen LogP contribution < -0.4 is 4.31 Å². The number of hydrogen-bond donors (Lipinski definition) is 0. The molecule has 2 aromatic carbocycles. The fourth-order valence-corrected chi connectivity index (χ4v) is 4.87. The molecule has 0 saturated carbocycles. The summed E-state index contributed by atoms with van der Waals surface area (Å²) in [5, 5.41) is 2.08. The molecule has 0 spiro atoms. The lowest BCUT2D eigenvalue weighted by atomic mass is 10.2. The topological polar surface area (TPSA) is 57.7 Å². The van der Waals surface area contributed by atoms with Gasteiger partial charge in [-0.05, 0) is 53.9 Å². The Kier molecular flexibility index (Phi) is 6.26. The summed E-state index contributed by atoms with van der Waals surface area (Å²) in [7, 11) is -0.978. The first-order valence-electron chi connectivity index (χ1n) is 8.52. The van der Waals surface area contributed by atoms with Crippen molar-refractivity contribution in [3.8, 4) is 0 Å². The van der Waals surface area contributed by atoms with Crippen LogP contribution in [0.1, 0.15) is 15.2 Å². The number of hydrogen-bond acceptors (Lipinski definition) is 4. The predicted molar refractivity (Wildman–Crippen MR) is 114 cm³/mol. The molecule has 0 bridgehead atoms. The molecular formula is C20H18ClFN2O3S2. The second-order valence-electron chi connectivity index (χ2n) is 6.33. The maximum absolute atomic E-state index is 13.1. The van der Waals surface area contributed by atoms with E-state index in [4.69, 9.17) is 11.6 Å². The quantitative estimate of drug-likeness (QED) is 0.547. The number of benzene rings is 2. The lowest BCUT2D eigenvalue weighted by molar-refractivity contribution is 0.0786. The van der Waals surface area contributed by atoms with E-state index in [1.165, 1.54) is 65.7 Å². The molecule has 0 aliphatic carbocycles. The van der Waals surface area contributed by atoms with Gasteiger partial charge in [0.15, 0.2) is 0 Å². The zero-order valence-corrected chi connectivity index (χ0v) is 18.1. The largest absolute Gasteiger partial charge is 0.337 e. The van der Waals surface area contributed by atoms with Gasteiger partial charge in [-0.3, -0.25) is 9.10 Å². The Morgan fingerprint density at radius 3 is 2.41 bits per heavy atom. The Bertz CT molecular complexity index is 1120. The Morgan fingerprint density at radius 2 is 1.79 bits per heavy atom. The molecule has 3 rings (SSSR count). The molecule has 0 N–H and O–H groups in total. The van der Waals surface area contributed by atoms with Crippen molar-refractivity contribution >= 4 is 44.6 Å². The summed E-state index contributed by atoms with van der Waals surface area (Å²) in [5.41, 5.74) is 0.392. The van der Waals surface area contributed by atoms with Crippen molar-refractivity contribution in [3.05, 3.63) is 81.3 Å². The molecule has 0 unspecified atom stereocenters. The van der Waals surface area contributed by atoms with Gasteiger partial charge in [-0.15, -0.1) is 11.3 Å². The second-order valence-corrected chi connectivity index (χ2v) is 9.74. The molecule has 0 saturated heterocycles. The van der Waals surface area contributed by atoms with E-state index in [1.54, 1.807) is 7.05 Å². The number of rotatable bonds is 6. The number of carbonyl (C=O) groups is 1. The molecule has 1 heterocycles. The van der Waals surface area contributed by atoms with Gasteiger partial charge in [0.05, 0.1) is 27.7 Å². The third-order valence-electron chi connectivity index (χ3n) is 4.34. The Balaban J connectivity index is 1.91. The number of amides is 1. The average molecular weight is 453 g/mol. The summed E-state index contributed by atoms with van der Waals surface area (Å²) in [6.07, 6.45) is 0. The third-order valence-corrected chi connectivity index (χ3v) is 7.31. The fraction of sp³-hybridized carbons (Fsp3) is 0.150. The van der Waals surface area contributed by atoms with Crippen LogP contribution >= 0.6 is 22.9 Å². The van der Waals surface area contributed by atoms with Gasteiger partial charge in [-0.1, -0.05) is 17.7 Å². The molecule has 0 aliphatic rings. The van der Waals surface area contributed by atoms with Crippen molar-refractivity contribution in [1.29, 1.82) is 0 Å². The number of anilines is 1. The van der Waals surface area contributed by atoms with Crippen LogP contribution in [0.2, 0.25) is 5.02 Å². The molecule has 29 heavy (non-hydrogen) atoms. The molecule has 0 aliphatic heterocycles. The van der Waals surface area contributed by atoms with Crippen LogP contribution in [0.25, 0.3) is 0 Å². The Hall–Kier alpha value is -2.42. The molecule has 1 aromatic heterocycles. The summed E-state index contributed by atoms with van der Waals surface area (Å²) in [6, 6.07) is 12.9. The highest BCUT2D eigenvalue weighted by Gasteiger charge is 2.25. The normalized spacial score (nSPS) is 11.3. The standard InChI is InChI=1S/C20H18ClFN2O3S2/c1-23(13-16-4-3-11-28-16)20(25)18-12-17(9-10-19(18)21)29(26,27)24(2)15-7-5-14(22)6-8-15/h3-12H,13H2,1-2H3. The lowest BCUT2D eigenvalue weighted by Gasteiger charge is -2.21. The lowest BCUT2D eigenvalue weighted by Crippen LogP contribution is -2.28. The summed E-state index contributed by atoms with van der Waals surface area (Å²) >= 11 is 7.71. The smallest absolute Gasteiger partial charge is 0.264 e. The van der Waals surface area contributed by atoms with Crippen LogP contribution in [0, 0.1) is 5.82 Å². The third kappa shape index (κ3) is 4.60. The molecule has 5 nitrogen and oxygen atoms in total. The van der Waals surface area contributed by atoms with Gasteiger partial charge in [-0.2, -0.15) is 0 Å². The first kappa shape index (κ1) is 21.3. The van der Waals surface area contributed by atoms with E-state index >= 15 is 0 Å². The highest BCUT2D eigenvalue weighted by molar-refractivity contribution is 7.92. The second kappa shape index (κ2) is 8.52. The molecular weight excluding hydrogens is 435 g/mol. The first-order chi connectivity index (χ1) is 13.7. The summed E-state index contributed by atoms with van der Waals surface area (Å²) in [4.78, 5) is 15.2. The van der Waals surface area contributed by atoms with Gasteiger partial charge >= 0.3 is 0 Å². The Morgan fingerprint density at radius 1 is 1.10 bits per heavy atom. The van der Waals surface area contributed by atoms with Gasteiger partial charge < -0.3 is 4.90 Å². The number of thiophene rings is 1. The Labute approximate surface area is 178 Å². The summed E-state index contributed by atoms with van der Waals surface area (Å²) in [6.45, 7) is 0.388. The zero-order valence-electron chi connectivity index (χ0n) is 15.7. The predicted octanol–water partition coefficient (Wildman–Crippen LogP) is 4.64. The van der Waals surface area contributed by atoms with Crippen molar-refractivity contribution in [1.82, 2.24) is 4.90 Å². The zero-order chi connectivity index (χ0) is 21.2. The summed E-state index contributed by atoms with van der Waals surface area (Å²) < 4.78 is 40.2. The van der Waals surface area contributed by atoms with Gasteiger partial charge in [0, 0.05) is 19.0 Å². The number of carbonyl (C=O) groups excluding carboxylic acids is 1. The monoisotopic (exact) mass is 452 g/mol. The van der Waals surface area contributed by atoms with Crippen LogP contribution in [-0.4, -0.2) is 33.3 Å². The van der Waals surface area contributed by atoms with E-state index in [2.05, 4.69) is 0 Å². The van der Waals surface area contributed by atoms with E-state index in [-0.39, 0.29) is 21.4 Å². The molecule has 1 amide bonds. The summed E-state index contributed by atoms with van der Waals surface area (Å²) in [5.74, 6) is -0.849. The molecule has 0 atom stereocenters. The van der Waals surface area contributed by atoms with Gasteiger partial charge in [0.2, 0.25) is 0 Å². The molecule has 9 heteroatoms. The van der Waals surface area contributed by atoms with Crippen LogP contribution in [0.4, 0.5) is 10.1 Å². The molecule has 0 fully saturated rings. The van der Waals surface area contributed by atoms with Crippen molar-refractivity contribution in [2.24, 2.45) is 0 Å². The van der Waals surface area contributed by atoms with Crippen LogP contribution in [-0.2, 0) is 16.6 Å². The molecule has 3 aromatic rings. The fourth-order valence-electron chi connectivity index (χ4n) is 2.69. The van der Waals surface area contributed by atoms with Crippen LogP contribution in [0.15, 0.2) is 64.9 Å². The highest BCUT2D eigenvalue weighted by atomic mass is 35.5. The van der Waals surface area contributed by atoms with Crippen molar-refractivity contribution in [2.45, 2.75) is 11.4 Å². The first-order valence-corrected chi connectivity index (χ1v) is 11.2. The molecule has 0 radical (unpaired) electrons. The number of halogens is 2. The van der Waals surface area contributed by atoms with Crippen molar-refractivity contribution in [3.63, 3.8) is 0 Å². The van der Waals surface area contributed by atoms with Crippen molar-refractivity contribution < 1.29 is 17.6 Å². The molecule has 152 valence electrons. The van der Waals surface area contributed by atoms with Gasteiger partial charge in [0.25, 0.3) is 15.9 Å². The van der Waals surface area contributed by atoms with E-state index in [9.17, 15) is 17.6 Å². The minimum absolute atomic E-state index is 0.0819. The van der Waals surface area contributed by atoms with Gasteiger partial charge in [-0.25, -0.2) is 12.8 Å². The maximum Gasteiger partial charge on any atom is 0.264 e. The maximum atomic E-state index is 13.1. The van der Waals surface area contributed by atoms with E-state index in [1.807, 2.05) is 17.5 Å². The van der Waals surface area contributed by atoms with E-state index < -0.39 is 15.8 Å². The van der Waals surface area contributed by atoms with E-state index in [0.29, 0.717) is 12.2 Å². The van der Waals surface area contributed by atoms with Gasteiger partial charge in [0.1, 0.15) is 5.82 Å². The minimum Gasteiger partial charge on any atom is -0.337 e. The van der Waals surface area contributed by atoms with Crippen LogP contribution in [0.3, 0.4) is 0 Å². The van der Waals surface area contributed by atoms with Crippen molar-refractivity contribution in [2.75, 3.05) is 18.4 Å². The number of nitrogens with zero attached hydrogens (tertiary/aromatic N) is 2. The van der Waals surface area contributed by atoms with Crippen LogP contribution in [0.5, 0.6) is 0 Å². The highest BCUT2D eigenvalue weighted by Crippen LogP contribution is 2.27. The minimum atomic E-state index is -3.97.